The second-order valence-electron chi connectivity index (χ2n) is 13.3. The zero-order valence-corrected chi connectivity index (χ0v) is 31.1. The van der Waals surface area contributed by atoms with Crippen molar-refractivity contribution in [3.63, 3.8) is 0 Å². The quantitative estimate of drug-likeness (QED) is 0.0759. The minimum Gasteiger partial charge on any atom is -0.550 e. The molecule has 6 N–H and O–H groups in total. The first kappa shape index (κ1) is 49.2. The fraction of sp³-hybridized carbons (Fsp3) is 0.947. The average Bonchev–Trinajstić information content (AvgIpc) is 3.00. The van der Waals surface area contributed by atoms with E-state index in [1.54, 1.807) is 0 Å². The molecular weight excluding hydrogens is 580 g/mol. The first-order valence-corrected chi connectivity index (χ1v) is 19.6. The van der Waals surface area contributed by atoms with Gasteiger partial charge in [-0.15, -0.1) is 0 Å². The summed E-state index contributed by atoms with van der Waals surface area (Å²) >= 11 is 0. The van der Waals surface area contributed by atoms with E-state index in [9.17, 15) is 19.8 Å². The Morgan fingerprint density at radius 1 is 0.457 bits per heavy atom. The van der Waals surface area contributed by atoms with E-state index in [0.717, 1.165) is 58.3 Å². The van der Waals surface area contributed by atoms with Gasteiger partial charge in [-0.3, -0.25) is 0 Å². The fourth-order valence-electron chi connectivity index (χ4n) is 5.16. The summed E-state index contributed by atoms with van der Waals surface area (Å²) in [5.41, 5.74) is 0. The summed E-state index contributed by atoms with van der Waals surface area (Å²) < 4.78 is 0. The van der Waals surface area contributed by atoms with Crippen molar-refractivity contribution in [2.24, 2.45) is 0 Å². The lowest BCUT2D eigenvalue weighted by Gasteiger charge is -2.04. The van der Waals surface area contributed by atoms with Gasteiger partial charge in [-0.25, -0.2) is 0 Å². The number of aliphatic hydroxyl groups excluding tert-OH is 2. The van der Waals surface area contributed by atoms with E-state index >= 15 is 0 Å². The van der Waals surface area contributed by atoms with Crippen molar-refractivity contribution in [1.82, 2.24) is 0 Å². The molecule has 46 heavy (non-hydrogen) atoms. The molecule has 0 amide bonds. The Hall–Kier alpha value is -1.22. The molecule has 0 spiro atoms. The van der Waals surface area contributed by atoms with Crippen LogP contribution in [0.4, 0.5) is 0 Å². The zero-order valence-electron chi connectivity index (χ0n) is 31.1. The van der Waals surface area contributed by atoms with E-state index < -0.39 is 11.9 Å². The van der Waals surface area contributed by atoms with Crippen LogP contribution in [0.5, 0.6) is 0 Å². The van der Waals surface area contributed by atoms with Gasteiger partial charge in [0.25, 0.3) is 0 Å². The Balaban J connectivity index is -0.000000637. The number of unbranched alkanes of at least 4 members (excludes halogenated alkanes) is 21. The van der Waals surface area contributed by atoms with Gasteiger partial charge < -0.3 is 40.6 Å². The second-order valence-corrected chi connectivity index (χ2v) is 13.3. The van der Waals surface area contributed by atoms with Crippen LogP contribution in [-0.4, -0.2) is 60.5 Å². The van der Waals surface area contributed by atoms with E-state index in [2.05, 4.69) is 24.5 Å². The summed E-state index contributed by atoms with van der Waals surface area (Å²) in [4.78, 5) is 20.1. The molecule has 0 aliphatic carbocycles. The lowest BCUT2D eigenvalue weighted by molar-refractivity contribution is -0.662. The van der Waals surface area contributed by atoms with Crippen molar-refractivity contribution in [2.75, 3.05) is 26.2 Å². The summed E-state index contributed by atoms with van der Waals surface area (Å²) in [6, 6.07) is 0. The van der Waals surface area contributed by atoms with E-state index in [1.807, 2.05) is 13.8 Å². The highest BCUT2D eigenvalue weighted by atomic mass is 16.4. The zero-order chi connectivity index (χ0) is 34.9. The highest BCUT2D eigenvalue weighted by Crippen LogP contribution is 2.13. The number of aliphatic carboxylic acids is 2. The summed E-state index contributed by atoms with van der Waals surface area (Å²) in [7, 11) is 0. The lowest BCUT2D eigenvalue weighted by Crippen LogP contribution is -2.86. The first-order valence-electron chi connectivity index (χ1n) is 19.6. The number of rotatable bonds is 33. The molecular formula is C38H80N2O6. The van der Waals surface area contributed by atoms with Crippen LogP contribution in [0.1, 0.15) is 195 Å². The van der Waals surface area contributed by atoms with Crippen LogP contribution in [-0.2, 0) is 9.59 Å². The number of aliphatic hydroxyl groups is 2. The number of quaternary nitrogens is 2. The highest BCUT2D eigenvalue weighted by Gasteiger charge is 1.99. The largest absolute Gasteiger partial charge is 0.550 e. The Morgan fingerprint density at radius 3 is 0.935 bits per heavy atom. The molecule has 0 aromatic rings. The molecule has 0 aliphatic rings. The Kier molecular flexibility index (Phi) is 46.8. The van der Waals surface area contributed by atoms with Crippen LogP contribution in [0, 0.1) is 0 Å². The maximum Gasteiger partial charge on any atom is 0.102 e. The number of carbonyl (C=O) groups excluding carboxylic acids is 2. The van der Waals surface area contributed by atoms with Gasteiger partial charge in [0.15, 0.2) is 0 Å². The molecule has 8 heteroatoms. The number of hydrogen-bond donors (Lipinski definition) is 4. The third-order valence-electron chi connectivity index (χ3n) is 8.05. The average molecular weight is 661 g/mol. The van der Waals surface area contributed by atoms with E-state index in [1.165, 1.54) is 122 Å². The molecule has 0 heterocycles. The van der Waals surface area contributed by atoms with Crippen molar-refractivity contribution in [1.29, 1.82) is 0 Å². The van der Waals surface area contributed by atoms with Gasteiger partial charge in [-0.2, -0.15) is 0 Å². The normalized spacial score (nSPS) is 12.0. The third-order valence-corrected chi connectivity index (χ3v) is 8.05. The van der Waals surface area contributed by atoms with E-state index in [-0.39, 0.29) is 25.0 Å². The standard InChI is InChI=1S/C18H36O2.C12H28N2O2.C8H16O2/c1-2-3-4-5-6-7-8-9-10-11-12-13-14-15-16-17-18(19)20;1-11(15)9-13-7-5-3-4-6-8-14-10-12(2)16;1-2-3-4-5-6-7-8(9)10/h2-17H2,1H3,(H,19,20);11-16H,3-10H2,1-2H3;2-7H2,1H3,(H,9,10). The smallest absolute Gasteiger partial charge is 0.102 e. The van der Waals surface area contributed by atoms with Gasteiger partial charge in [0.05, 0.1) is 25.3 Å². The number of nitrogens with two attached hydrogens (primary N) is 2. The predicted molar refractivity (Wildman–Crippen MR) is 188 cm³/mol. The summed E-state index contributed by atoms with van der Waals surface area (Å²) in [5, 5.41) is 42.6. The van der Waals surface area contributed by atoms with Crippen LogP contribution in [0.2, 0.25) is 0 Å². The van der Waals surface area contributed by atoms with Gasteiger partial charge >= 0.3 is 0 Å². The molecule has 0 saturated carbocycles. The first-order chi connectivity index (χ1) is 22.2. The maximum atomic E-state index is 10.2. The highest BCUT2D eigenvalue weighted by molar-refractivity contribution is 5.64. The van der Waals surface area contributed by atoms with Gasteiger partial charge in [0.2, 0.25) is 0 Å². The van der Waals surface area contributed by atoms with Gasteiger partial charge in [-0.1, -0.05) is 129 Å². The number of hydrogen-bond acceptors (Lipinski definition) is 6. The summed E-state index contributed by atoms with van der Waals surface area (Å²) in [5.74, 6) is -1.82. The van der Waals surface area contributed by atoms with Crippen molar-refractivity contribution in [2.45, 2.75) is 207 Å². The van der Waals surface area contributed by atoms with Gasteiger partial charge in [0.1, 0.15) is 13.1 Å². The predicted octanol–water partition coefficient (Wildman–Crippen LogP) is 4.53. The molecule has 0 fully saturated rings. The number of carbonyl (C=O) groups is 2. The summed E-state index contributed by atoms with van der Waals surface area (Å²) in [6.07, 6.45) is 30.1. The van der Waals surface area contributed by atoms with E-state index in [0.29, 0.717) is 0 Å². The lowest BCUT2D eigenvalue weighted by atomic mass is 10.0. The fourth-order valence-corrected chi connectivity index (χ4v) is 5.16. The minimum atomic E-state index is -0.920. The molecule has 0 aromatic heterocycles. The molecule has 0 rings (SSSR count). The van der Waals surface area contributed by atoms with Crippen molar-refractivity contribution in [3.05, 3.63) is 0 Å². The SMILES string of the molecule is CC(O)C[NH2+]CCCCCC[NH2+]CC(C)O.CCCCCCCC(=O)[O-].CCCCCCCCCCCCCCCCCC(=O)[O-]. The van der Waals surface area contributed by atoms with Crippen LogP contribution in [0.3, 0.4) is 0 Å². The van der Waals surface area contributed by atoms with Gasteiger partial charge in [-0.05, 0) is 65.2 Å². The van der Waals surface area contributed by atoms with Crippen molar-refractivity contribution < 1.29 is 40.6 Å². The summed E-state index contributed by atoms with van der Waals surface area (Å²) in [6.45, 7) is 12.0. The number of carboxylic acids is 2. The van der Waals surface area contributed by atoms with Crippen LogP contribution in [0.25, 0.3) is 0 Å². The molecule has 0 bridgehead atoms. The number of carboxylic acid groups (broad SMARTS) is 2. The molecule has 0 aromatic carbocycles. The monoisotopic (exact) mass is 661 g/mol. The van der Waals surface area contributed by atoms with Crippen molar-refractivity contribution >= 4 is 11.9 Å². The molecule has 2 atom stereocenters. The topological polar surface area (TPSA) is 154 Å². The molecule has 278 valence electrons. The van der Waals surface area contributed by atoms with Gasteiger partial charge in [0, 0.05) is 11.9 Å². The Bertz CT molecular complexity index is 574. The van der Waals surface area contributed by atoms with E-state index in [4.69, 9.17) is 10.2 Å². The maximum absolute atomic E-state index is 10.2. The van der Waals surface area contributed by atoms with Crippen LogP contribution in [0.15, 0.2) is 0 Å². The Morgan fingerprint density at radius 2 is 0.696 bits per heavy atom. The Labute approximate surface area is 285 Å². The molecule has 0 aliphatic heterocycles. The molecule has 0 saturated heterocycles. The molecule has 2 unspecified atom stereocenters. The van der Waals surface area contributed by atoms with Crippen molar-refractivity contribution in [3.8, 4) is 0 Å². The van der Waals surface area contributed by atoms with Crippen LogP contribution < -0.4 is 20.8 Å². The molecule has 8 nitrogen and oxygen atoms in total. The minimum absolute atomic E-state index is 0.185. The third kappa shape index (κ3) is 58.3. The second kappa shape index (κ2) is 43.8. The molecule has 0 radical (unpaired) electrons. The van der Waals surface area contributed by atoms with Crippen LogP contribution >= 0.6 is 0 Å².